The summed E-state index contributed by atoms with van der Waals surface area (Å²) >= 11 is 13.0. The molecule has 0 saturated heterocycles. The minimum atomic E-state index is -3.96. The van der Waals surface area contributed by atoms with E-state index in [4.69, 9.17) is 16.7 Å². The molecule has 1 amide bonds. The van der Waals surface area contributed by atoms with Gasteiger partial charge in [0.2, 0.25) is 0 Å². The van der Waals surface area contributed by atoms with E-state index in [-0.39, 0.29) is 28.3 Å². The summed E-state index contributed by atoms with van der Waals surface area (Å²) < 4.78 is 31.0. The molecule has 2 atom stereocenters. The first-order chi connectivity index (χ1) is 20.7. The van der Waals surface area contributed by atoms with Crippen molar-refractivity contribution in [1.29, 1.82) is 0 Å². The van der Waals surface area contributed by atoms with E-state index >= 15 is 0 Å². The lowest BCUT2D eigenvalue weighted by Crippen LogP contribution is -2.32. The third-order valence-electron chi connectivity index (χ3n) is 7.62. The Morgan fingerprint density at radius 3 is 2.30 bits per heavy atom. The van der Waals surface area contributed by atoms with E-state index in [2.05, 4.69) is 54.8 Å². The summed E-state index contributed by atoms with van der Waals surface area (Å²) in [5, 5.41) is 7.01. The number of allylic oxidation sites excluding steroid dienone is 1. The van der Waals surface area contributed by atoms with Gasteiger partial charge in [0.25, 0.3) is 15.9 Å². The van der Waals surface area contributed by atoms with E-state index in [1.807, 2.05) is 36.4 Å². The molecule has 1 heterocycles. The van der Waals surface area contributed by atoms with Crippen LogP contribution in [0.1, 0.15) is 46.8 Å². The number of halogens is 3. The van der Waals surface area contributed by atoms with Gasteiger partial charge in [-0.05, 0) is 109 Å². The highest BCUT2D eigenvalue weighted by Crippen LogP contribution is 2.45. The number of benzene rings is 4. The Labute approximate surface area is 272 Å². The Bertz CT molecular complexity index is 1840. The molecule has 4 aromatic carbocycles. The zero-order chi connectivity index (χ0) is 30.1. The predicted molar refractivity (Wildman–Crippen MR) is 179 cm³/mol. The Balaban J connectivity index is 1.37. The van der Waals surface area contributed by atoms with E-state index < -0.39 is 10.0 Å². The molecular formula is C33H26Br2ClN3O3S. The first-order valence-electron chi connectivity index (χ1n) is 13.7. The van der Waals surface area contributed by atoms with Crippen molar-refractivity contribution in [2.45, 2.75) is 30.2 Å². The number of carbonyl (C=O) groups excluding carboxylic acids is 1. The standard InChI is InChI=1S/C33H26Br2ClN3O3S/c34-25-11-7-21(8-12-25)19-23-3-2-6-30-31(23)37-39(32(30)22-9-13-26(35)14-10-22)33(40)24-4-1-5-29(20-24)43(41,42)38-28-17-15-27(36)16-18-28/h1,4-5,7-20,30,32,38H,2-3,6H2. The summed E-state index contributed by atoms with van der Waals surface area (Å²) in [5.74, 6) is -0.347. The fraction of sp³-hybridized carbons (Fsp3) is 0.152. The SMILES string of the molecule is O=C(c1cccc(S(=O)(=O)Nc2ccc(Cl)cc2)c1)N1N=C2C(=Cc3ccc(Br)cc3)CCCC2C1c1ccc(Br)cc1. The molecule has 1 aliphatic heterocycles. The van der Waals surface area contributed by atoms with Gasteiger partial charge in [-0.1, -0.05) is 73.8 Å². The maximum absolute atomic E-state index is 14.2. The Morgan fingerprint density at radius 1 is 0.930 bits per heavy atom. The van der Waals surface area contributed by atoms with E-state index in [0.29, 0.717) is 10.7 Å². The minimum Gasteiger partial charge on any atom is -0.280 e. The number of nitrogens with zero attached hydrogens (tertiary/aromatic N) is 2. The molecule has 1 saturated carbocycles. The van der Waals surface area contributed by atoms with Crippen LogP contribution >= 0.6 is 43.5 Å². The highest BCUT2D eigenvalue weighted by molar-refractivity contribution is 9.10. The van der Waals surface area contributed by atoms with Crippen molar-refractivity contribution in [3.63, 3.8) is 0 Å². The zero-order valence-electron chi connectivity index (χ0n) is 22.8. The zero-order valence-corrected chi connectivity index (χ0v) is 27.5. The van der Waals surface area contributed by atoms with Gasteiger partial charge in [-0.3, -0.25) is 9.52 Å². The highest BCUT2D eigenvalue weighted by Gasteiger charge is 2.44. The number of carbonyl (C=O) groups is 1. The summed E-state index contributed by atoms with van der Waals surface area (Å²) in [6.07, 6.45) is 4.88. The molecule has 0 radical (unpaired) electrons. The van der Waals surface area contributed by atoms with Crippen LogP contribution in [0.3, 0.4) is 0 Å². The first-order valence-corrected chi connectivity index (χ1v) is 17.2. The molecule has 0 spiro atoms. The van der Waals surface area contributed by atoms with Crippen LogP contribution in [-0.4, -0.2) is 25.0 Å². The molecule has 2 unspecified atom stereocenters. The van der Waals surface area contributed by atoms with Crippen molar-refractivity contribution in [3.05, 3.63) is 133 Å². The molecular weight excluding hydrogens is 714 g/mol. The van der Waals surface area contributed by atoms with Crippen molar-refractivity contribution in [2.75, 3.05) is 4.72 Å². The number of hydrogen-bond acceptors (Lipinski definition) is 4. The van der Waals surface area contributed by atoms with Gasteiger partial charge in [0, 0.05) is 31.1 Å². The van der Waals surface area contributed by atoms with Crippen LogP contribution in [0.5, 0.6) is 0 Å². The van der Waals surface area contributed by atoms with E-state index in [0.717, 1.165) is 50.6 Å². The van der Waals surface area contributed by atoms with Crippen LogP contribution < -0.4 is 4.72 Å². The number of anilines is 1. The second-order valence-electron chi connectivity index (χ2n) is 10.5. The Morgan fingerprint density at radius 2 is 1.60 bits per heavy atom. The average molecular weight is 740 g/mol. The second-order valence-corrected chi connectivity index (χ2v) is 14.4. The largest absolute Gasteiger partial charge is 0.280 e. The lowest BCUT2D eigenvalue weighted by Gasteiger charge is -2.29. The molecule has 6 nitrogen and oxygen atoms in total. The van der Waals surface area contributed by atoms with Gasteiger partial charge in [-0.15, -0.1) is 0 Å². The number of hydrazone groups is 1. The number of fused-ring (bicyclic) bond motifs is 1. The van der Waals surface area contributed by atoms with Gasteiger partial charge in [0.1, 0.15) is 0 Å². The molecule has 1 fully saturated rings. The van der Waals surface area contributed by atoms with E-state index in [1.54, 1.807) is 41.4 Å². The summed E-state index contributed by atoms with van der Waals surface area (Å²) in [4.78, 5) is 14.2. The van der Waals surface area contributed by atoms with Crippen LogP contribution in [0.15, 0.2) is 122 Å². The Kier molecular flexibility index (Phi) is 8.60. The molecule has 0 bridgehead atoms. The van der Waals surface area contributed by atoms with Gasteiger partial charge in [0.05, 0.1) is 16.6 Å². The van der Waals surface area contributed by atoms with E-state index in [9.17, 15) is 13.2 Å². The van der Waals surface area contributed by atoms with Crippen molar-refractivity contribution < 1.29 is 13.2 Å². The third kappa shape index (κ3) is 6.50. The number of hydrogen-bond donors (Lipinski definition) is 1. The molecule has 4 aromatic rings. The molecule has 1 aliphatic carbocycles. The number of amides is 1. The summed E-state index contributed by atoms with van der Waals surface area (Å²) in [7, 11) is -3.96. The van der Waals surface area contributed by atoms with Crippen LogP contribution in [0, 0.1) is 5.92 Å². The normalized spacial score (nSPS) is 19.2. The summed E-state index contributed by atoms with van der Waals surface area (Å²) in [6, 6.07) is 28.2. The van der Waals surface area contributed by atoms with Crippen LogP contribution in [0.2, 0.25) is 5.02 Å². The molecule has 2 aliphatic rings. The van der Waals surface area contributed by atoms with Crippen LogP contribution in [0.4, 0.5) is 5.69 Å². The monoisotopic (exact) mass is 737 g/mol. The maximum Gasteiger partial charge on any atom is 0.274 e. The summed E-state index contributed by atoms with van der Waals surface area (Å²) in [6.45, 7) is 0. The van der Waals surface area contributed by atoms with Gasteiger partial charge < -0.3 is 0 Å². The average Bonchev–Trinajstić information content (AvgIpc) is 3.40. The van der Waals surface area contributed by atoms with E-state index in [1.165, 1.54) is 12.1 Å². The first kappa shape index (κ1) is 29.8. The maximum atomic E-state index is 14.2. The fourth-order valence-corrected chi connectivity index (χ4v) is 7.34. The van der Waals surface area contributed by atoms with Gasteiger partial charge in [-0.2, -0.15) is 5.10 Å². The quantitative estimate of drug-likeness (QED) is 0.214. The number of sulfonamides is 1. The smallest absolute Gasteiger partial charge is 0.274 e. The molecule has 43 heavy (non-hydrogen) atoms. The van der Waals surface area contributed by atoms with Crippen LogP contribution in [-0.2, 0) is 10.0 Å². The second kappa shape index (κ2) is 12.4. The van der Waals surface area contributed by atoms with Gasteiger partial charge in [-0.25, -0.2) is 13.4 Å². The van der Waals surface area contributed by atoms with Gasteiger partial charge in [0.15, 0.2) is 0 Å². The lowest BCUT2D eigenvalue weighted by atomic mass is 9.77. The fourth-order valence-electron chi connectivity index (χ4n) is 5.58. The highest BCUT2D eigenvalue weighted by atomic mass is 79.9. The predicted octanol–water partition coefficient (Wildman–Crippen LogP) is 9.10. The topological polar surface area (TPSA) is 78.8 Å². The number of rotatable bonds is 6. The third-order valence-corrected chi connectivity index (χ3v) is 10.3. The van der Waals surface area contributed by atoms with Crippen LogP contribution in [0.25, 0.3) is 6.08 Å². The van der Waals surface area contributed by atoms with Crippen molar-refractivity contribution in [1.82, 2.24) is 5.01 Å². The van der Waals surface area contributed by atoms with Crippen molar-refractivity contribution in [2.24, 2.45) is 11.0 Å². The molecule has 6 rings (SSSR count). The minimum absolute atomic E-state index is 0.0130. The van der Waals surface area contributed by atoms with Gasteiger partial charge >= 0.3 is 0 Å². The molecule has 1 N–H and O–H groups in total. The van der Waals surface area contributed by atoms with Crippen molar-refractivity contribution in [3.8, 4) is 0 Å². The molecule has 218 valence electrons. The van der Waals surface area contributed by atoms with Crippen molar-refractivity contribution >= 4 is 76.9 Å². The number of nitrogens with one attached hydrogen (secondary N) is 1. The lowest BCUT2D eigenvalue weighted by molar-refractivity contribution is 0.0680. The summed E-state index contributed by atoms with van der Waals surface area (Å²) in [5.41, 5.74) is 4.66. The molecule has 0 aromatic heterocycles. The Hall–Kier alpha value is -3.24. The molecule has 10 heteroatoms.